The van der Waals surface area contributed by atoms with Gasteiger partial charge in [-0.25, -0.2) is 12.8 Å². The van der Waals surface area contributed by atoms with Gasteiger partial charge in [0.2, 0.25) is 5.91 Å². The van der Waals surface area contributed by atoms with Crippen LogP contribution in [0.25, 0.3) is 0 Å². The van der Waals surface area contributed by atoms with Crippen LogP contribution in [0.2, 0.25) is 5.02 Å². The molecule has 4 atom stereocenters. The highest BCUT2D eigenvalue weighted by atomic mass is 35.5. The normalized spacial score (nSPS) is 26.0. The molecule has 2 fully saturated rings. The molecule has 2 saturated heterocycles. The molecule has 218 valence electrons. The third kappa shape index (κ3) is 8.65. The molecule has 0 saturated carbocycles. The van der Waals surface area contributed by atoms with Gasteiger partial charge in [-0.15, -0.1) is 0 Å². The Bertz CT molecular complexity index is 1180. The molecule has 0 aliphatic carbocycles. The second-order valence-electron chi connectivity index (χ2n) is 10.3. The van der Waals surface area contributed by atoms with Crippen molar-refractivity contribution in [3.63, 3.8) is 0 Å². The predicted molar refractivity (Wildman–Crippen MR) is 141 cm³/mol. The van der Waals surface area contributed by atoms with Gasteiger partial charge in [0.1, 0.15) is 0 Å². The summed E-state index contributed by atoms with van der Waals surface area (Å²) in [6, 6.07) is 6.06. The van der Waals surface area contributed by atoms with Crippen LogP contribution in [0.15, 0.2) is 35.7 Å². The van der Waals surface area contributed by atoms with Gasteiger partial charge in [0, 0.05) is 61.2 Å². The maximum atomic E-state index is 15.8. The Morgan fingerprint density at radius 2 is 1.90 bits per heavy atom. The van der Waals surface area contributed by atoms with Crippen LogP contribution in [0.3, 0.4) is 0 Å². The largest absolute Gasteiger partial charge is 0.401 e. The Kier molecular flexibility index (Phi) is 10.1. The Labute approximate surface area is 231 Å². The van der Waals surface area contributed by atoms with E-state index in [1.165, 1.54) is 15.9 Å². The Hall–Kier alpha value is -2.18. The lowest BCUT2D eigenvalue weighted by atomic mass is 9.87. The zero-order valence-corrected chi connectivity index (χ0v) is 23.5. The quantitative estimate of drug-likeness (QED) is 0.458. The fourth-order valence-electron chi connectivity index (χ4n) is 5.21. The second kappa shape index (κ2) is 12.6. The van der Waals surface area contributed by atoms with E-state index < -0.39 is 57.9 Å². The van der Waals surface area contributed by atoms with Crippen molar-refractivity contribution in [2.75, 3.05) is 39.0 Å². The van der Waals surface area contributed by atoms with Crippen LogP contribution in [0.1, 0.15) is 44.1 Å². The second-order valence-corrected chi connectivity index (χ2v) is 12.7. The number of carbonyl (C=O) groups is 2. The molecular formula is C26H34ClF4N3O4S. The molecule has 0 bridgehead atoms. The number of rotatable bonds is 8. The van der Waals surface area contributed by atoms with Crippen molar-refractivity contribution in [1.29, 1.82) is 0 Å². The summed E-state index contributed by atoms with van der Waals surface area (Å²) >= 11 is 6.34. The summed E-state index contributed by atoms with van der Waals surface area (Å²) in [4.78, 5) is 29.1. The molecule has 1 aromatic rings. The van der Waals surface area contributed by atoms with E-state index in [2.05, 4.69) is 5.32 Å². The topological polar surface area (TPSA) is 86.8 Å². The molecule has 0 aromatic heterocycles. The molecule has 0 unspecified atom stereocenters. The minimum atomic E-state index is -4.43. The van der Waals surface area contributed by atoms with E-state index in [0.717, 1.165) is 11.7 Å². The van der Waals surface area contributed by atoms with Gasteiger partial charge in [0.05, 0.1) is 12.5 Å². The van der Waals surface area contributed by atoms with E-state index in [9.17, 15) is 31.2 Å². The number of nitrogens with zero attached hydrogens (tertiary/aromatic N) is 2. The van der Waals surface area contributed by atoms with Crippen LogP contribution in [0.4, 0.5) is 17.6 Å². The van der Waals surface area contributed by atoms with E-state index in [4.69, 9.17) is 11.6 Å². The number of alkyl halides is 4. The zero-order chi connectivity index (χ0) is 29.0. The first-order valence-electron chi connectivity index (χ1n) is 12.8. The van der Waals surface area contributed by atoms with Gasteiger partial charge in [0.15, 0.2) is 15.5 Å². The number of sulfone groups is 1. The van der Waals surface area contributed by atoms with Crippen LogP contribution < -0.4 is 5.32 Å². The molecule has 1 aromatic carbocycles. The van der Waals surface area contributed by atoms with Crippen molar-refractivity contribution >= 4 is 33.3 Å². The average Bonchev–Trinajstić information content (AvgIpc) is 3.12. The predicted octanol–water partition coefficient (Wildman–Crippen LogP) is 4.09. The summed E-state index contributed by atoms with van der Waals surface area (Å²) in [5, 5.41) is 3.86. The fraction of sp³-hybridized carbons (Fsp3) is 0.615. The van der Waals surface area contributed by atoms with Gasteiger partial charge in [-0.2, -0.15) is 13.2 Å². The molecule has 3 rings (SSSR count). The molecule has 2 aliphatic rings. The standard InChI is InChI=1S/C26H34ClF4N3O4S/c1-3-18(9-14-39(2,37)38)32-24(36)25(28)10-6-12-34(13-11-25)23(35)21-16-33(17-26(29,30)31)15-20(21)19-7-4-5-8-22(19)27/h4-5,7-9,14,18,20-21H,3,6,10-13,15-17H2,1-2H3,(H,32,36)/b14-9-/t18-,20+,21+,25-/m1/s1. The third-order valence-electron chi connectivity index (χ3n) is 7.23. The highest BCUT2D eigenvalue weighted by Crippen LogP contribution is 2.39. The van der Waals surface area contributed by atoms with Crippen LogP contribution in [0, 0.1) is 5.92 Å². The average molecular weight is 596 g/mol. The van der Waals surface area contributed by atoms with Crippen LogP contribution in [0.5, 0.6) is 0 Å². The molecule has 2 aliphatic heterocycles. The number of amides is 2. The maximum absolute atomic E-state index is 15.8. The number of hydrogen-bond donors (Lipinski definition) is 1. The fourth-order valence-corrected chi connectivity index (χ4v) is 5.96. The number of hydrogen-bond acceptors (Lipinski definition) is 5. The summed E-state index contributed by atoms with van der Waals surface area (Å²) in [5.41, 5.74) is -1.69. The summed E-state index contributed by atoms with van der Waals surface area (Å²) in [6.45, 7) is 0.532. The molecule has 2 amide bonds. The van der Waals surface area contributed by atoms with Crippen molar-refractivity contribution in [1.82, 2.24) is 15.1 Å². The van der Waals surface area contributed by atoms with Gasteiger partial charge in [-0.3, -0.25) is 14.5 Å². The molecule has 39 heavy (non-hydrogen) atoms. The number of carbonyl (C=O) groups excluding carboxylic acids is 2. The van der Waals surface area contributed by atoms with Crippen molar-refractivity contribution in [2.45, 2.75) is 56.4 Å². The molecule has 0 radical (unpaired) electrons. The molecule has 1 N–H and O–H groups in total. The van der Waals surface area contributed by atoms with E-state index in [1.54, 1.807) is 31.2 Å². The van der Waals surface area contributed by atoms with E-state index >= 15 is 4.39 Å². The maximum Gasteiger partial charge on any atom is 0.401 e. The summed E-state index contributed by atoms with van der Waals surface area (Å²) in [6.07, 6.45) is -2.03. The van der Waals surface area contributed by atoms with Gasteiger partial charge in [0.25, 0.3) is 5.91 Å². The third-order valence-corrected chi connectivity index (χ3v) is 8.23. The first-order valence-corrected chi connectivity index (χ1v) is 15.2. The minimum absolute atomic E-state index is 0.00233. The van der Waals surface area contributed by atoms with Crippen LogP contribution in [-0.4, -0.2) is 86.9 Å². The molecule has 0 spiro atoms. The number of likely N-dealkylation sites (tertiary alicyclic amines) is 2. The first-order chi connectivity index (χ1) is 18.1. The Balaban J connectivity index is 1.73. The first kappa shape index (κ1) is 31.3. The lowest BCUT2D eigenvalue weighted by Crippen LogP contribution is -2.48. The number of nitrogens with one attached hydrogen (secondary N) is 1. The van der Waals surface area contributed by atoms with Crippen LogP contribution >= 0.6 is 11.6 Å². The van der Waals surface area contributed by atoms with Gasteiger partial charge >= 0.3 is 6.18 Å². The molecular weight excluding hydrogens is 562 g/mol. The zero-order valence-electron chi connectivity index (χ0n) is 21.9. The summed E-state index contributed by atoms with van der Waals surface area (Å²) in [7, 11) is -3.42. The highest BCUT2D eigenvalue weighted by molar-refractivity contribution is 7.93. The molecule has 7 nitrogen and oxygen atoms in total. The van der Waals surface area contributed by atoms with Crippen LogP contribution in [-0.2, 0) is 19.4 Å². The van der Waals surface area contributed by atoms with Gasteiger partial charge in [-0.1, -0.05) is 42.8 Å². The minimum Gasteiger partial charge on any atom is -0.347 e. The summed E-state index contributed by atoms with van der Waals surface area (Å²) < 4.78 is 78.1. The van der Waals surface area contributed by atoms with Crippen molar-refractivity contribution in [3.8, 4) is 0 Å². The van der Waals surface area contributed by atoms with Gasteiger partial charge in [-0.05, 0) is 30.9 Å². The van der Waals surface area contributed by atoms with Crippen molar-refractivity contribution in [2.24, 2.45) is 5.92 Å². The monoisotopic (exact) mass is 595 g/mol. The van der Waals surface area contributed by atoms with E-state index in [-0.39, 0.29) is 45.4 Å². The smallest absolute Gasteiger partial charge is 0.347 e. The van der Waals surface area contributed by atoms with E-state index in [1.807, 2.05) is 0 Å². The van der Waals surface area contributed by atoms with E-state index in [0.29, 0.717) is 17.0 Å². The number of benzene rings is 1. The lowest BCUT2D eigenvalue weighted by molar-refractivity contribution is -0.146. The molecule has 2 heterocycles. The van der Waals surface area contributed by atoms with Crippen molar-refractivity contribution in [3.05, 3.63) is 46.3 Å². The Morgan fingerprint density at radius 3 is 2.51 bits per heavy atom. The Morgan fingerprint density at radius 1 is 1.21 bits per heavy atom. The highest BCUT2D eigenvalue weighted by Gasteiger charge is 2.46. The molecule has 13 heteroatoms. The lowest BCUT2D eigenvalue weighted by Gasteiger charge is -2.28. The summed E-state index contributed by atoms with van der Waals surface area (Å²) in [5.74, 6) is -2.65. The van der Waals surface area contributed by atoms with Gasteiger partial charge < -0.3 is 10.2 Å². The SMILES string of the molecule is CC[C@H](/C=C\S(C)(=O)=O)NC(=O)[C@@]1(F)CCCN(C(=O)[C@H]2CN(CC(F)(F)F)C[C@H]2c2ccccc2Cl)CC1. The van der Waals surface area contributed by atoms with Crippen molar-refractivity contribution < 1.29 is 35.6 Å². The number of halogens is 5.